The fourth-order valence-corrected chi connectivity index (χ4v) is 1.90. The number of ether oxygens (including phenoxy) is 1. The second-order valence-electron chi connectivity index (χ2n) is 4.91. The van der Waals surface area contributed by atoms with Gasteiger partial charge in [-0.15, -0.1) is 0 Å². The maximum absolute atomic E-state index is 11.1. The Morgan fingerprint density at radius 3 is 2.38 bits per heavy atom. The Hall–Kier alpha value is -3.30. The molecule has 0 aliphatic rings. The SMILES string of the molecule is COC(=O)NCc1cccc2ccc(C(=N)N)cc12.O=C(O)C(F)(F)F. The van der Waals surface area contributed by atoms with Crippen LogP contribution < -0.4 is 11.1 Å². The molecule has 0 atom stereocenters. The van der Waals surface area contributed by atoms with Crippen LogP contribution in [0.3, 0.4) is 0 Å². The smallest absolute Gasteiger partial charge is 0.475 e. The number of hydrogen-bond donors (Lipinski definition) is 4. The maximum atomic E-state index is 11.1. The van der Waals surface area contributed by atoms with Gasteiger partial charge in [0.2, 0.25) is 0 Å². The number of fused-ring (bicyclic) bond motifs is 1. The van der Waals surface area contributed by atoms with E-state index in [0.29, 0.717) is 12.1 Å². The summed E-state index contributed by atoms with van der Waals surface area (Å²) in [6.07, 6.45) is -5.56. The summed E-state index contributed by atoms with van der Waals surface area (Å²) in [7, 11) is 1.33. The molecule has 2 rings (SSSR count). The van der Waals surface area contributed by atoms with Crippen molar-refractivity contribution in [3.8, 4) is 0 Å². The van der Waals surface area contributed by atoms with Crippen molar-refractivity contribution >= 4 is 28.7 Å². The molecule has 0 unspecified atom stereocenters. The van der Waals surface area contributed by atoms with Crippen molar-refractivity contribution < 1.29 is 32.6 Å². The first-order valence-electron chi connectivity index (χ1n) is 7.04. The van der Waals surface area contributed by atoms with Crippen molar-refractivity contribution in [1.82, 2.24) is 5.32 Å². The Morgan fingerprint density at radius 1 is 1.27 bits per heavy atom. The second kappa shape index (κ2) is 8.70. The number of hydrogen-bond acceptors (Lipinski definition) is 4. The molecule has 7 nitrogen and oxygen atoms in total. The number of amidine groups is 1. The van der Waals surface area contributed by atoms with Crippen LogP contribution in [0.2, 0.25) is 0 Å². The van der Waals surface area contributed by atoms with Gasteiger partial charge in [-0.25, -0.2) is 9.59 Å². The topological polar surface area (TPSA) is 126 Å². The Balaban J connectivity index is 0.000000412. The van der Waals surface area contributed by atoms with E-state index in [1.807, 2.05) is 36.4 Å². The number of alkyl carbamates (subject to hydrolysis) is 1. The quantitative estimate of drug-likeness (QED) is 0.487. The fourth-order valence-electron chi connectivity index (χ4n) is 1.90. The minimum atomic E-state index is -5.08. The van der Waals surface area contributed by atoms with E-state index in [2.05, 4.69) is 10.1 Å². The van der Waals surface area contributed by atoms with Gasteiger partial charge < -0.3 is 20.9 Å². The van der Waals surface area contributed by atoms with Crippen molar-refractivity contribution in [2.24, 2.45) is 5.73 Å². The van der Waals surface area contributed by atoms with E-state index < -0.39 is 18.2 Å². The molecule has 1 amide bonds. The van der Waals surface area contributed by atoms with Gasteiger partial charge >= 0.3 is 18.2 Å². The number of carbonyl (C=O) groups is 2. The number of nitrogens with one attached hydrogen (secondary N) is 2. The van der Waals surface area contributed by atoms with Gasteiger partial charge in [-0.05, 0) is 22.4 Å². The predicted octanol–water partition coefficient (Wildman–Crippen LogP) is 2.61. The van der Waals surface area contributed by atoms with Gasteiger partial charge in [-0.1, -0.05) is 30.3 Å². The molecule has 0 radical (unpaired) electrons. The van der Waals surface area contributed by atoms with E-state index in [-0.39, 0.29) is 5.84 Å². The zero-order chi connectivity index (χ0) is 19.9. The molecule has 0 bridgehead atoms. The molecule has 0 aliphatic carbocycles. The average molecular weight is 371 g/mol. The van der Waals surface area contributed by atoms with Gasteiger partial charge in [0.25, 0.3) is 0 Å². The number of nitrogen functional groups attached to an aromatic ring is 1. The number of methoxy groups -OCH3 is 1. The molecular formula is C16H16F3N3O4. The van der Waals surface area contributed by atoms with Crippen molar-refractivity contribution in [1.29, 1.82) is 5.41 Å². The molecule has 0 heterocycles. The predicted molar refractivity (Wildman–Crippen MR) is 87.9 cm³/mol. The van der Waals surface area contributed by atoms with Crippen LogP contribution in [0.5, 0.6) is 0 Å². The highest BCUT2D eigenvalue weighted by atomic mass is 19.4. The zero-order valence-electron chi connectivity index (χ0n) is 13.6. The molecule has 0 saturated heterocycles. The van der Waals surface area contributed by atoms with Gasteiger partial charge in [-0.3, -0.25) is 5.41 Å². The molecule has 0 spiro atoms. The van der Waals surface area contributed by atoms with Crippen LogP contribution in [0.1, 0.15) is 11.1 Å². The number of rotatable bonds is 3. The molecule has 5 N–H and O–H groups in total. The molecular weight excluding hydrogens is 355 g/mol. The van der Waals surface area contributed by atoms with E-state index in [0.717, 1.165) is 16.3 Å². The highest BCUT2D eigenvalue weighted by Gasteiger charge is 2.38. The van der Waals surface area contributed by atoms with E-state index >= 15 is 0 Å². The maximum Gasteiger partial charge on any atom is 0.490 e. The molecule has 26 heavy (non-hydrogen) atoms. The Labute approximate surface area is 146 Å². The molecule has 0 fully saturated rings. The number of alkyl halides is 3. The lowest BCUT2D eigenvalue weighted by atomic mass is 10.0. The lowest BCUT2D eigenvalue weighted by Crippen LogP contribution is -2.22. The van der Waals surface area contributed by atoms with Crippen molar-refractivity contribution in [3.63, 3.8) is 0 Å². The van der Waals surface area contributed by atoms with E-state index in [1.165, 1.54) is 7.11 Å². The van der Waals surface area contributed by atoms with Crippen LogP contribution in [0.4, 0.5) is 18.0 Å². The summed E-state index contributed by atoms with van der Waals surface area (Å²) in [5.74, 6) is -2.73. The highest BCUT2D eigenvalue weighted by molar-refractivity contribution is 5.99. The first kappa shape index (κ1) is 20.7. The molecule has 0 aromatic heterocycles. The normalized spacial score (nSPS) is 10.5. The number of halogens is 3. The summed E-state index contributed by atoms with van der Waals surface area (Å²) in [5, 5.41) is 19.2. The lowest BCUT2D eigenvalue weighted by molar-refractivity contribution is -0.192. The van der Waals surface area contributed by atoms with E-state index in [1.54, 1.807) is 0 Å². The third-order valence-electron chi connectivity index (χ3n) is 3.13. The Morgan fingerprint density at radius 2 is 1.88 bits per heavy atom. The Bertz CT molecular complexity index is 822. The highest BCUT2D eigenvalue weighted by Crippen LogP contribution is 2.20. The number of benzene rings is 2. The van der Waals surface area contributed by atoms with Gasteiger partial charge in [0.15, 0.2) is 0 Å². The molecule has 10 heteroatoms. The molecule has 2 aromatic rings. The first-order valence-corrected chi connectivity index (χ1v) is 7.04. The number of aliphatic carboxylic acids is 1. The van der Waals surface area contributed by atoms with Crippen LogP contribution in [-0.2, 0) is 16.1 Å². The largest absolute Gasteiger partial charge is 0.490 e. The summed E-state index contributed by atoms with van der Waals surface area (Å²) >= 11 is 0. The van der Waals surface area contributed by atoms with Crippen LogP contribution in [-0.4, -0.2) is 36.3 Å². The lowest BCUT2D eigenvalue weighted by Gasteiger charge is -2.09. The second-order valence-corrected chi connectivity index (χ2v) is 4.91. The van der Waals surface area contributed by atoms with Gasteiger partial charge in [-0.2, -0.15) is 13.2 Å². The van der Waals surface area contributed by atoms with Crippen LogP contribution in [0, 0.1) is 5.41 Å². The average Bonchev–Trinajstić information content (AvgIpc) is 2.58. The van der Waals surface area contributed by atoms with Crippen LogP contribution >= 0.6 is 0 Å². The number of nitrogens with two attached hydrogens (primary N) is 1. The van der Waals surface area contributed by atoms with Crippen LogP contribution in [0.15, 0.2) is 36.4 Å². The summed E-state index contributed by atoms with van der Waals surface area (Å²) < 4.78 is 36.3. The molecule has 2 aromatic carbocycles. The number of carboxylic acid groups (broad SMARTS) is 1. The minimum Gasteiger partial charge on any atom is -0.475 e. The summed E-state index contributed by atoms with van der Waals surface area (Å²) in [4.78, 5) is 20.0. The molecule has 0 saturated carbocycles. The zero-order valence-corrected chi connectivity index (χ0v) is 13.6. The van der Waals surface area contributed by atoms with Crippen molar-refractivity contribution in [2.75, 3.05) is 7.11 Å². The summed E-state index contributed by atoms with van der Waals surface area (Å²) in [6.45, 7) is 0.366. The first-order chi connectivity index (χ1) is 12.1. The standard InChI is InChI=1S/C14H15N3O2.C2HF3O2/c1-19-14(18)17-8-11-4-2-3-9-5-6-10(13(15)16)7-12(9)11;3-2(4,5)1(6)7/h2-7H,8H2,1H3,(H3,15,16)(H,17,18);(H,6,7). The number of carbonyl (C=O) groups excluding carboxylic acids is 1. The summed E-state index contributed by atoms with van der Waals surface area (Å²) in [5.41, 5.74) is 7.11. The fraction of sp³-hybridized carbons (Fsp3) is 0.188. The monoisotopic (exact) mass is 371 g/mol. The number of carboxylic acids is 1. The molecule has 140 valence electrons. The Kier molecular flexibility index (Phi) is 6.94. The summed E-state index contributed by atoms with van der Waals surface area (Å²) in [6, 6.07) is 11.4. The van der Waals surface area contributed by atoms with Gasteiger partial charge in [0, 0.05) is 12.1 Å². The van der Waals surface area contributed by atoms with E-state index in [9.17, 15) is 18.0 Å². The number of amides is 1. The van der Waals surface area contributed by atoms with Crippen molar-refractivity contribution in [3.05, 3.63) is 47.5 Å². The van der Waals surface area contributed by atoms with Crippen LogP contribution in [0.25, 0.3) is 10.8 Å². The minimum absolute atomic E-state index is 0.0256. The molecule has 0 aliphatic heterocycles. The third kappa shape index (κ3) is 5.96. The van der Waals surface area contributed by atoms with E-state index in [4.69, 9.17) is 21.0 Å². The van der Waals surface area contributed by atoms with Gasteiger partial charge in [0.05, 0.1) is 7.11 Å². The third-order valence-corrected chi connectivity index (χ3v) is 3.13. The van der Waals surface area contributed by atoms with Crippen molar-refractivity contribution in [2.45, 2.75) is 12.7 Å². The van der Waals surface area contributed by atoms with Gasteiger partial charge in [0.1, 0.15) is 5.84 Å².